The molecule has 0 rings (SSSR count). The van der Waals surface area contributed by atoms with E-state index in [4.69, 9.17) is 0 Å². The van der Waals surface area contributed by atoms with E-state index in [-0.39, 0.29) is 32.7 Å². The van der Waals surface area contributed by atoms with E-state index in [0.717, 1.165) is 0 Å². The topological polar surface area (TPSA) is 28.2 Å². The molecule has 0 unspecified atom stereocenters. The first-order valence-electron chi connectivity index (χ1n) is 1.79. The van der Waals surface area contributed by atoms with Gasteiger partial charge in [-0.1, -0.05) is 0 Å². The molecule has 0 radical (unpaired) electrons. The molecular weight excluding hydrogens is 165 g/mol. The molecule has 0 aromatic rings. The van der Waals surface area contributed by atoms with E-state index >= 15 is 0 Å². The molecule has 0 amide bonds. The van der Waals surface area contributed by atoms with Crippen LogP contribution in [0.3, 0.4) is 0 Å². The number of hydrogen-bond acceptors (Lipinski definition) is 0. The SMILES string of the molecule is C[N-]C.C[N-]C.[Y+3]. The maximum absolute atomic E-state index is 3.50. The molecule has 0 aliphatic rings. The monoisotopic (exact) mass is 177 g/mol. The third kappa shape index (κ3) is 169. The van der Waals surface area contributed by atoms with Crippen molar-refractivity contribution < 1.29 is 32.7 Å². The van der Waals surface area contributed by atoms with Crippen LogP contribution in [0, 0.1) is 0 Å². The Morgan fingerprint density at radius 3 is 0.714 bits per heavy atom. The second-order valence-corrected chi connectivity index (χ2v) is 0.894. The van der Waals surface area contributed by atoms with Crippen molar-refractivity contribution in [2.45, 2.75) is 0 Å². The molecule has 40 valence electrons. The number of nitrogens with zero attached hydrogens (tertiary/aromatic N) is 2. The van der Waals surface area contributed by atoms with Crippen LogP contribution in [-0.4, -0.2) is 28.2 Å². The molecule has 0 bridgehead atoms. The first-order chi connectivity index (χ1) is 2.83. The van der Waals surface area contributed by atoms with Crippen molar-refractivity contribution in [3.05, 3.63) is 10.6 Å². The molecule has 0 aromatic heterocycles. The zero-order chi connectivity index (χ0) is 5.41. The van der Waals surface area contributed by atoms with E-state index in [9.17, 15) is 0 Å². The summed E-state index contributed by atoms with van der Waals surface area (Å²) in [6.45, 7) is 0. The molecule has 3 heteroatoms. The standard InChI is InChI=1S/2C2H6N.Y/c2*1-3-2;/h2*1-2H3;/q2*-1;+3. The van der Waals surface area contributed by atoms with Gasteiger partial charge >= 0.3 is 32.7 Å². The van der Waals surface area contributed by atoms with Crippen molar-refractivity contribution in [1.29, 1.82) is 0 Å². The maximum Gasteiger partial charge on any atom is 3.00 e. The van der Waals surface area contributed by atoms with Crippen molar-refractivity contribution in [2.75, 3.05) is 28.2 Å². The van der Waals surface area contributed by atoms with Gasteiger partial charge in [0.2, 0.25) is 0 Å². The second kappa shape index (κ2) is 27.9. The fourth-order valence-corrected chi connectivity index (χ4v) is 0. The third-order valence-electron chi connectivity index (χ3n) is 0. The molecule has 0 atom stereocenters. The molecule has 0 saturated carbocycles. The summed E-state index contributed by atoms with van der Waals surface area (Å²) >= 11 is 0. The van der Waals surface area contributed by atoms with Crippen molar-refractivity contribution in [2.24, 2.45) is 0 Å². The molecule has 0 aliphatic heterocycles. The summed E-state index contributed by atoms with van der Waals surface area (Å²) < 4.78 is 0. The molecule has 0 spiro atoms. The molecular formula is C4H12N2Y+. The van der Waals surface area contributed by atoms with Crippen LogP contribution in [0.1, 0.15) is 0 Å². The van der Waals surface area contributed by atoms with E-state index in [1.54, 1.807) is 28.2 Å². The zero-order valence-corrected chi connectivity index (χ0v) is 8.31. The molecule has 0 fully saturated rings. The average molecular weight is 177 g/mol. The van der Waals surface area contributed by atoms with Crippen LogP contribution >= 0.6 is 0 Å². The zero-order valence-electron chi connectivity index (χ0n) is 5.47. The second-order valence-electron chi connectivity index (χ2n) is 0.894. The summed E-state index contributed by atoms with van der Waals surface area (Å²) in [7, 11) is 7.00. The molecule has 0 aliphatic carbocycles. The van der Waals surface area contributed by atoms with Crippen molar-refractivity contribution in [1.82, 2.24) is 0 Å². The summed E-state index contributed by atoms with van der Waals surface area (Å²) in [6.07, 6.45) is 0. The van der Waals surface area contributed by atoms with Gasteiger partial charge in [0.25, 0.3) is 0 Å². The quantitative estimate of drug-likeness (QED) is 0.532. The van der Waals surface area contributed by atoms with Gasteiger partial charge < -0.3 is 10.6 Å². The third-order valence-corrected chi connectivity index (χ3v) is 0. The van der Waals surface area contributed by atoms with Crippen molar-refractivity contribution >= 4 is 0 Å². The Hall–Kier alpha value is 1.02. The molecule has 2 nitrogen and oxygen atoms in total. The normalized spacial score (nSPS) is 5.14. The largest absolute Gasteiger partial charge is 3.00 e. The van der Waals surface area contributed by atoms with Crippen LogP contribution < -0.4 is 0 Å². The van der Waals surface area contributed by atoms with E-state index < -0.39 is 0 Å². The number of hydrogen-bond donors (Lipinski definition) is 0. The van der Waals surface area contributed by atoms with Crippen LogP contribution in [0.15, 0.2) is 0 Å². The molecule has 0 heterocycles. The van der Waals surface area contributed by atoms with E-state index in [1.165, 1.54) is 0 Å². The predicted molar refractivity (Wildman–Crippen MR) is 30.4 cm³/mol. The summed E-state index contributed by atoms with van der Waals surface area (Å²) in [6, 6.07) is 0. The predicted octanol–water partition coefficient (Wildman–Crippen LogP) is 1.24. The van der Waals surface area contributed by atoms with Gasteiger partial charge in [-0.25, -0.2) is 0 Å². The Balaban J connectivity index is -0.0000000400. The minimum Gasteiger partial charge on any atom is -0.668 e. The minimum atomic E-state index is 0. The van der Waals surface area contributed by atoms with Gasteiger partial charge in [0.05, 0.1) is 0 Å². The fraction of sp³-hybridized carbons (Fsp3) is 1.00. The fourth-order valence-electron chi connectivity index (χ4n) is 0. The van der Waals surface area contributed by atoms with Crippen LogP contribution in [0.5, 0.6) is 0 Å². The Kier molecular flexibility index (Phi) is 62.5. The van der Waals surface area contributed by atoms with Gasteiger partial charge in [0, 0.05) is 0 Å². The van der Waals surface area contributed by atoms with Gasteiger partial charge in [0.1, 0.15) is 0 Å². The van der Waals surface area contributed by atoms with Gasteiger partial charge in [-0.2, -0.15) is 28.2 Å². The van der Waals surface area contributed by atoms with Gasteiger partial charge in [-0.3, -0.25) is 0 Å². The summed E-state index contributed by atoms with van der Waals surface area (Å²) in [5.41, 5.74) is 0. The van der Waals surface area contributed by atoms with Gasteiger partial charge in [0.15, 0.2) is 0 Å². The maximum atomic E-state index is 3.50. The minimum absolute atomic E-state index is 0. The van der Waals surface area contributed by atoms with Crippen molar-refractivity contribution in [3.63, 3.8) is 0 Å². The summed E-state index contributed by atoms with van der Waals surface area (Å²) in [5, 5.41) is 7.00. The number of rotatable bonds is 0. The van der Waals surface area contributed by atoms with E-state index in [2.05, 4.69) is 10.6 Å². The van der Waals surface area contributed by atoms with E-state index in [1.807, 2.05) is 0 Å². The van der Waals surface area contributed by atoms with Crippen LogP contribution in [0.4, 0.5) is 0 Å². The van der Waals surface area contributed by atoms with Crippen LogP contribution in [0.2, 0.25) is 0 Å². The van der Waals surface area contributed by atoms with Gasteiger partial charge in [-0.15, -0.1) is 0 Å². The smallest absolute Gasteiger partial charge is 0.668 e. The molecule has 7 heavy (non-hydrogen) atoms. The Morgan fingerprint density at radius 1 is 0.714 bits per heavy atom. The molecule has 0 N–H and O–H groups in total. The Morgan fingerprint density at radius 2 is 0.714 bits per heavy atom. The summed E-state index contributed by atoms with van der Waals surface area (Å²) in [5.74, 6) is 0. The molecule has 0 saturated heterocycles. The van der Waals surface area contributed by atoms with Crippen LogP contribution in [0.25, 0.3) is 10.6 Å². The first-order valence-corrected chi connectivity index (χ1v) is 1.79. The first kappa shape index (κ1) is 15.7. The Labute approximate surface area is 71.3 Å². The Bertz CT molecular complexity index is 11.7. The average Bonchev–Trinajstić information content (AvgIpc) is 1.39. The summed E-state index contributed by atoms with van der Waals surface area (Å²) in [4.78, 5) is 0. The van der Waals surface area contributed by atoms with Crippen molar-refractivity contribution in [3.8, 4) is 0 Å². The van der Waals surface area contributed by atoms with E-state index in [0.29, 0.717) is 0 Å². The van der Waals surface area contributed by atoms with Gasteiger partial charge in [-0.05, 0) is 0 Å². The molecule has 0 aromatic carbocycles. The van der Waals surface area contributed by atoms with Crippen LogP contribution in [-0.2, 0) is 32.7 Å².